The number of fused-ring (bicyclic) bond motifs is 1. The summed E-state index contributed by atoms with van der Waals surface area (Å²) < 4.78 is 5.60. The summed E-state index contributed by atoms with van der Waals surface area (Å²) in [5.74, 6) is 0.905. The van der Waals surface area contributed by atoms with Crippen LogP contribution in [-0.2, 0) is 11.3 Å². The molecule has 1 heterocycles. The zero-order valence-corrected chi connectivity index (χ0v) is 11.8. The third-order valence-corrected chi connectivity index (χ3v) is 3.20. The molecule has 3 rings (SSSR count). The van der Waals surface area contributed by atoms with Crippen LogP contribution in [0, 0.1) is 0 Å². The summed E-state index contributed by atoms with van der Waals surface area (Å²) in [7, 11) is 0. The highest BCUT2D eigenvalue weighted by Crippen LogP contribution is 2.20. The van der Waals surface area contributed by atoms with Gasteiger partial charge in [-0.1, -0.05) is 36.4 Å². The Morgan fingerprint density at radius 1 is 1.05 bits per heavy atom. The molecule has 0 saturated carbocycles. The second-order valence-corrected chi connectivity index (χ2v) is 5.16. The average molecular weight is 266 g/mol. The molecule has 0 radical (unpaired) electrons. The molecule has 20 heavy (non-hydrogen) atoms. The van der Waals surface area contributed by atoms with Crippen molar-refractivity contribution in [1.82, 2.24) is 9.97 Å². The normalized spacial score (nSPS) is 11.3. The van der Waals surface area contributed by atoms with Crippen LogP contribution >= 0.6 is 0 Å². The molecular weight excluding hydrogens is 248 g/mol. The van der Waals surface area contributed by atoms with Gasteiger partial charge in [0.15, 0.2) is 0 Å². The maximum atomic E-state index is 5.60. The van der Waals surface area contributed by atoms with Crippen molar-refractivity contribution in [2.24, 2.45) is 0 Å². The van der Waals surface area contributed by atoms with E-state index < -0.39 is 0 Å². The Morgan fingerprint density at radius 3 is 2.50 bits per heavy atom. The number of ether oxygens (including phenoxy) is 1. The third-order valence-electron chi connectivity index (χ3n) is 3.20. The summed E-state index contributed by atoms with van der Waals surface area (Å²) in [6, 6.07) is 16.4. The van der Waals surface area contributed by atoms with Gasteiger partial charge >= 0.3 is 0 Å². The first kappa shape index (κ1) is 12.9. The van der Waals surface area contributed by atoms with Gasteiger partial charge in [-0.25, -0.2) is 4.98 Å². The highest BCUT2D eigenvalue weighted by atomic mass is 16.5. The minimum atomic E-state index is 0.255. The molecule has 0 unspecified atom stereocenters. The number of benzene rings is 2. The molecule has 1 N–H and O–H groups in total. The van der Waals surface area contributed by atoms with Gasteiger partial charge in [0.25, 0.3) is 0 Å². The molecule has 3 aromatic rings. The van der Waals surface area contributed by atoms with E-state index in [0.717, 1.165) is 22.4 Å². The van der Waals surface area contributed by atoms with E-state index in [1.165, 1.54) is 5.56 Å². The van der Waals surface area contributed by atoms with Gasteiger partial charge in [0.2, 0.25) is 0 Å². The van der Waals surface area contributed by atoms with Gasteiger partial charge < -0.3 is 9.72 Å². The molecule has 0 aliphatic heterocycles. The highest BCUT2D eigenvalue weighted by Gasteiger charge is 2.05. The van der Waals surface area contributed by atoms with E-state index in [1.807, 2.05) is 38.1 Å². The molecule has 0 aliphatic carbocycles. The maximum absolute atomic E-state index is 5.60. The Hall–Kier alpha value is -2.13. The van der Waals surface area contributed by atoms with Crippen LogP contribution in [0.5, 0.6) is 0 Å². The van der Waals surface area contributed by atoms with Crippen molar-refractivity contribution in [1.29, 1.82) is 0 Å². The molecule has 0 fully saturated rings. The molecule has 1 aromatic heterocycles. The van der Waals surface area contributed by atoms with E-state index in [0.29, 0.717) is 6.61 Å². The Bertz CT molecular complexity index is 665. The standard InChI is InChI=1S/C17H18N2O/c1-12(2)20-11-13-7-9-14(10-8-13)17-18-15-5-3-4-6-16(15)19-17/h3-10,12H,11H2,1-2H3,(H,18,19). The van der Waals surface area contributed by atoms with E-state index in [1.54, 1.807) is 0 Å². The summed E-state index contributed by atoms with van der Waals surface area (Å²) in [5.41, 5.74) is 4.33. The summed E-state index contributed by atoms with van der Waals surface area (Å²) in [5, 5.41) is 0. The van der Waals surface area contributed by atoms with Gasteiger partial charge in [0.05, 0.1) is 23.7 Å². The van der Waals surface area contributed by atoms with Gasteiger partial charge in [-0.05, 0) is 31.5 Å². The SMILES string of the molecule is CC(C)OCc1ccc(-c2nc3ccccc3[nH]2)cc1. The Balaban J connectivity index is 1.83. The summed E-state index contributed by atoms with van der Waals surface area (Å²) in [6.07, 6.45) is 0.255. The van der Waals surface area contributed by atoms with E-state index in [-0.39, 0.29) is 6.10 Å². The zero-order chi connectivity index (χ0) is 13.9. The first-order valence-corrected chi connectivity index (χ1v) is 6.88. The van der Waals surface area contributed by atoms with Crippen molar-refractivity contribution in [2.45, 2.75) is 26.6 Å². The van der Waals surface area contributed by atoms with Crippen LogP contribution in [0.2, 0.25) is 0 Å². The molecule has 3 nitrogen and oxygen atoms in total. The first-order chi connectivity index (χ1) is 9.72. The van der Waals surface area contributed by atoms with E-state index >= 15 is 0 Å². The second-order valence-electron chi connectivity index (χ2n) is 5.16. The topological polar surface area (TPSA) is 37.9 Å². The number of para-hydroxylation sites is 2. The van der Waals surface area contributed by atoms with Crippen molar-refractivity contribution in [3.8, 4) is 11.4 Å². The largest absolute Gasteiger partial charge is 0.374 e. The van der Waals surface area contributed by atoms with Crippen LogP contribution in [0.1, 0.15) is 19.4 Å². The number of imidazole rings is 1. The Kier molecular flexibility index (Phi) is 3.52. The van der Waals surface area contributed by atoms with Crippen molar-refractivity contribution >= 4 is 11.0 Å². The fourth-order valence-electron chi connectivity index (χ4n) is 2.11. The molecule has 3 heteroatoms. The first-order valence-electron chi connectivity index (χ1n) is 6.88. The lowest BCUT2D eigenvalue weighted by molar-refractivity contribution is 0.0657. The number of aromatic amines is 1. The van der Waals surface area contributed by atoms with Crippen molar-refractivity contribution in [3.05, 3.63) is 54.1 Å². The molecule has 2 aromatic carbocycles. The van der Waals surface area contributed by atoms with Crippen LogP contribution in [0.4, 0.5) is 0 Å². The molecular formula is C17H18N2O. The highest BCUT2D eigenvalue weighted by molar-refractivity contribution is 5.79. The predicted octanol–water partition coefficient (Wildman–Crippen LogP) is 4.15. The molecule has 0 amide bonds. The van der Waals surface area contributed by atoms with Crippen LogP contribution in [0.3, 0.4) is 0 Å². The summed E-state index contributed by atoms with van der Waals surface area (Å²) >= 11 is 0. The van der Waals surface area contributed by atoms with Crippen LogP contribution in [0.25, 0.3) is 22.4 Å². The molecule has 0 bridgehead atoms. The number of nitrogens with one attached hydrogen (secondary N) is 1. The number of nitrogens with zero attached hydrogens (tertiary/aromatic N) is 1. The Morgan fingerprint density at radius 2 is 1.80 bits per heavy atom. The van der Waals surface area contributed by atoms with Crippen LogP contribution in [-0.4, -0.2) is 16.1 Å². The smallest absolute Gasteiger partial charge is 0.138 e. The number of rotatable bonds is 4. The van der Waals surface area contributed by atoms with Crippen LogP contribution < -0.4 is 0 Å². The summed E-state index contributed by atoms with van der Waals surface area (Å²) in [6.45, 7) is 4.74. The minimum Gasteiger partial charge on any atom is -0.374 e. The monoisotopic (exact) mass is 266 g/mol. The quantitative estimate of drug-likeness (QED) is 0.770. The minimum absolute atomic E-state index is 0.255. The van der Waals surface area contributed by atoms with E-state index in [9.17, 15) is 0 Å². The molecule has 0 saturated heterocycles. The van der Waals surface area contributed by atoms with Gasteiger partial charge in [-0.2, -0.15) is 0 Å². The van der Waals surface area contributed by atoms with Crippen LogP contribution in [0.15, 0.2) is 48.5 Å². The fourth-order valence-corrected chi connectivity index (χ4v) is 2.11. The van der Waals surface area contributed by atoms with Gasteiger partial charge in [0.1, 0.15) is 5.82 Å². The second kappa shape index (κ2) is 5.47. The number of H-pyrrole nitrogens is 1. The maximum Gasteiger partial charge on any atom is 0.138 e. The lowest BCUT2D eigenvalue weighted by atomic mass is 10.1. The van der Waals surface area contributed by atoms with E-state index in [2.05, 4.69) is 34.2 Å². The average Bonchev–Trinajstić information content (AvgIpc) is 2.89. The van der Waals surface area contributed by atoms with E-state index in [4.69, 9.17) is 4.74 Å². The predicted molar refractivity (Wildman–Crippen MR) is 81.5 cm³/mol. The number of hydrogen-bond acceptors (Lipinski definition) is 2. The Labute approximate surface area is 118 Å². The van der Waals surface area contributed by atoms with Crippen molar-refractivity contribution in [2.75, 3.05) is 0 Å². The van der Waals surface area contributed by atoms with Gasteiger partial charge in [-0.15, -0.1) is 0 Å². The molecule has 102 valence electrons. The van der Waals surface area contributed by atoms with Gasteiger partial charge in [-0.3, -0.25) is 0 Å². The fraction of sp³-hybridized carbons (Fsp3) is 0.235. The molecule has 0 spiro atoms. The van der Waals surface area contributed by atoms with Gasteiger partial charge in [0, 0.05) is 5.56 Å². The lowest BCUT2D eigenvalue weighted by Gasteiger charge is -2.07. The third kappa shape index (κ3) is 2.73. The number of aromatic nitrogens is 2. The summed E-state index contributed by atoms with van der Waals surface area (Å²) in [4.78, 5) is 7.94. The van der Waals surface area contributed by atoms with Crippen molar-refractivity contribution in [3.63, 3.8) is 0 Å². The van der Waals surface area contributed by atoms with Crippen molar-refractivity contribution < 1.29 is 4.74 Å². The molecule has 0 aliphatic rings. The molecule has 0 atom stereocenters. The number of hydrogen-bond donors (Lipinski definition) is 1. The lowest BCUT2D eigenvalue weighted by Crippen LogP contribution is -2.01. The zero-order valence-electron chi connectivity index (χ0n) is 11.8.